The lowest BCUT2D eigenvalue weighted by atomic mass is 10.0. The molecule has 0 unspecified atom stereocenters. The van der Waals surface area contributed by atoms with Crippen LogP contribution in [0.1, 0.15) is 22.2 Å². The van der Waals surface area contributed by atoms with Crippen molar-refractivity contribution in [2.24, 2.45) is 0 Å². The first-order valence-corrected chi connectivity index (χ1v) is 8.16. The highest BCUT2D eigenvalue weighted by atomic mass is 32.1. The molecule has 23 heavy (non-hydrogen) atoms. The zero-order chi connectivity index (χ0) is 16.6. The van der Waals surface area contributed by atoms with Gasteiger partial charge in [-0.1, -0.05) is 0 Å². The van der Waals surface area contributed by atoms with Crippen molar-refractivity contribution in [1.29, 1.82) is 5.26 Å². The van der Waals surface area contributed by atoms with Gasteiger partial charge in [0.15, 0.2) is 0 Å². The Morgan fingerprint density at radius 3 is 2.65 bits per heavy atom. The molecule has 0 amide bonds. The fraction of sp³-hybridized carbons (Fsp3) is 0.235. The van der Waals surface area contributed by atoms with Gasteiger partial charge in [-0.25, -0.2) is 4.98 Å². The van der Waals surface area contributed by atoms with Crippen LogP contribution in [0.4, 0.5) is 5.82 Å². The Labute approximate surface area is 139 Å². The largest absolute Gasteiger partial charge is 0.383 e. The lowest BCUT2D eigenvalue weighted by molar-refractivity contribution is 0.660. The Hall–Kier alpha value is -2.65. The van der Waals surface area contributed by atoms with Crippen molar-refractivity contribution in [3.05, 3.63) is 39.8 Å². The van der Waals surface area contributed by atoms with Crippen molar-refractivity contribution >= 4 is 17.2 Å². The summed E-state index contributed by atoms with van der Waals surface area (Å²) in [5.74, 6) is 0.257. The second-order valence-electron chi connectivity index (χ2n) is 5.34. The van der Waals surface area contributed by atoms with Gasteiger partial charge in [-0.05, 0) is 32.9 Å². The fourth-order valence-electron chi connectivity index (χ4n) is 2.61. The molecule has 0 aliphatic heterocycles. The molecule has 0 bridgehead atoms. The third-order valence-corrected chi connectivity index (χ3v) is 4.71. The summed E-state index contributed by atoms with van der Waals surface area (Å²) in [7, 11) is 0. The maximum atomic E-state index is 9.45. The number of hydrogen-bond donors (Lipinski definition) is 1. The molecule has 3 rings (SSSR count). The van der Waals surface area contributed by atoms with E-state index in [4.69, 9.17) is 5.73 Å². The highest BCUT2D eigenvalue weighted by Gasteiger charge is 2.16. The van der Waals surface area contributed by atoms with Gasteiger partial charge in [0.05, 0.1) is 11.9 Å². The molecule has 3 aromatic rings. The number of nitrogen functional groups attached to an aromatic ring is 1. The van der Waals surface area contributed by atoms with Crippen molar-refractivity contribution in [2.45, 2.75) is 27.3 Å². The molecule has 0 fully saturated rings. The number of nitrogens with two attached hydrogens (primary N) is 1. The molecular formula is C17H17N5S. The van der Waals surface area contributed by atoms with Crippen molar-refractivity contribution < 1.29 is 0 Å². The Morgan fingerprint density at radius 1 is 1.30 bits per heavy atom. The van der Waals surface area contributed by atoms with Crippen LogP contribution in [0.3, 0.4) is 0 Å². The normalized spacial score (nSPS) is 10.7. The van der Waals surface area contributed by atoms with E-state index in [1.807, 2.05) is 23.9 Å². The Bertz CT molecular complexity index is 914. The Kier molecular flexibility index (Phi) is 3.89. The highest BCUT2D eigenvalue weighted by Crippen LogP contribution is 2.34. The van der Waals surface area contributed by atoms with Crippen LogP contribution < -0.4 is 5.73 Å². The number of anilines is 1. The van der Waals surface area contributed by atoms with E-state index < -0.39 is 0 Å². The molecule has 0 radical (unpaired) electrons. The molecule has 0 aliphatic carbocycles. The summed E-state index contributed by atoms with van der Waals surface area (Å²) in [6, 6.07) is 6.20. The maximum absolute atomic E-state index is 9.45. The third kappa shape index (κ3) is 2.71. The second kappa shape index (κ2) is 5.86. The first kappa shape index (κ1) is 15.3. The summed E-state index contributed by atoms with van der Waals surface area (Å²) < 4.78 is 1.83. The number of nitrogens with zero attached hydrogens (tertiary/aromatic N) is 4. The van der Waals surface area contributed by atoms with E-state index in [0.29, 0.717) is 5.56 Å². The quantitative estimate of drug-likeness (QED) is 0.795. The molecule has 0 atom stereocenters. The molecule has 116 valence electrons. The van der Waals surface area contributed by atoms with Crippen molar-refractivity contribution in [3.8, 4) is 28.5 Å². The molecule has 0 saturated heterocycles. The molecule has 3 heterocycles. The first-order chi connectivity index (χ1) is 11.0. The van der Waals surface area contributed by atoms with Crippen LogP contribution in [0.2, 0.25) is 0 Å². The lowest BCUT2D eigenvalue weighted by Crippen LogP contribution is -1.99. The van der Waals surface area contributed by atoms with E-state index in [1.54, 1.807) is 17.5 Å². The summed E-state index contributed by atoms with van der Waals surface area (Å²) in [4.78, 5) is 6.85. The molecule has 5 nitrogen and oxygen atoms in total. The standard InChI is InChI=1S/C17H17N5S/c1-4-22-9-12(8-20-22)14-6-16(21-17(19)15(14)7-18)13-5-10(2)23-11(13)3/h5-6,8-9H,4H2,1-3H3,(H2,19,21). The van der Waals surface area contributed by atoms with Crippen LogP contribution >= 0.6 is 11.3 Å². The summed E-state index contributed by atoms with van der Waals surface area (Å²) in [6.45, 7) is 6.93. The van der Waals surface area contributed by atoms with Crippen molar-refractivity contribution in [3.63, 3.8) is 0 Å². The van der Waals surface area contributed by atoms with Gasteiger partial charge in [0.25, 0.3) is 0 Å². The Morgan fingerprint density at radius 2 is 2.09 bits per heavy atom. The van der Waals surface area contributed by atoms with Gasteiger partial charge in [-0.15, -0.1) is 11.3 Å². The summed E-state index contributed by atoms with van der Waals surface area (Å²) in [5, 5.41) is 13.7. The van der Waals surface area contributed by atoms with Gasteiger partial charge < -0.3 is 5.73 Å². The summed E-state index contributed by atoms with van der Waals surface area (Å²) >= 11 is 1.73. The second-order valence-corrected chi connectivity index (χ2v) is 6.80. The van der Waals surface area contributed by atoms with Gasteiger partial charge >= 0.3 is 0 Å². The van der Waals surface area contributed by atoms with E-state index in [0.717, 1.165) is 28.9 Å². The van der Waals surface area contributed by atoms with E-state index in [9.17, 15) is 5.26 Å². The van der Waals surface area contributed by atoms with E-state index in [1.165, 1.54) is 9.75 Å². The van der Waals surface area contributed by atoms with Gasteiger partial charge in [-0.2, -0.15) is 10.4 Å². The topological polar surface area (TPSA) is 80.5 Å². The average molecular weight is 323 g/mol. The third-order valence-electron chi connectivity index (χ3n) is 3.74. The monoisotopic (exact) mass is 323 g/mol. The molecular weight excluding hydrogens is 306 g/mol. The molecule has 0 saturated carbocycles. The minimum Gasteiger partial charge on any atom is -0.383 e. The van der Waals surface area contributed by atoms with E-state index >= 15 is 0 Å². The maximum Gasteiger partial charge on any atom is 0.142 e. The molecule has 0 spiro atoms. The summed E-state index contributed by atoms with van der Waals surface area (Å²) in [6.07, 6.45) is 3.68. The first-order valence-electron chi connectivity index (χ1n) is 7.34. The van der Waals surface area contributed by atoms with Crippen LogP contribution in [0.15, 0.2) is 24.5 Å². The number of nitriles is 1. The van der Waals surface area contributed by atoms with Gasteiger partial charge in [0, 0.05) is 39.2 Å². The minimum absolute atomic E-state index is 0.257. The number of aryl methyl sites for hydroxylation is 3. The van der Waals surface area contributed by atoms with Gasteiger partial charge in [0.1, 0.15) is 17.5 Å². The van der Waals surface area contributed by atoms with Crippen LogP contribution in [-0.4, -0.2) is 14.8 Å². The number of pyridine rings is 1. The summed E-state index contributed by atoms with van der Waals surface area (Å²) in [5.41, 5.74) is 9.95. The van der Waals surface area contributed by atoms with Gasteiger partial charge in [-0.3, -0.25) is 4.68 Å². The predicted octanol–water partition coefficient (Wildman–Crippen LogP) is 3.76. The molecule has 3 aromatic heterocycles. The molecule has 0 aliphatic rings. The van der Waals surface area contributed by atoms with E-state index in [2.05, 4.69) is 36.1 Å². The average Bonchev–Trinajstić information content (AvgIpc) is 3.12. The molecule has 6 heteroatoms. The fourth-order valence-corrected chi connectivity index (χ4v) is 3.54. The van der Waals surface area contributed by atoms with Crippen LogP contribution in [0, 0.1) is 25.2 Å². The highest BCUT2D eigenvalue weighted by molar-refractivity contribution is 7.12. The number of aromatic nitrogens is 3. The number of thiophene rings is 1. The molecule has 2 N–H and O–H groups in total. The zero-order valence-corrected chi connectivity index (χ0v) is 14.1. The van der Waals surface area contributed by atoms with Crippen LogP contribution in [-0.2, 0) is 6.54 Å². The van der Waals surface area contributed by atoms with Crippen molar-refractivity contribution in [2.75, 3.05) is 5.73 Å². The molecule has 0 aromatic carbocycles. The van der Waals surface area contributed by atoms with Gasteiger partial charge in [0.2, 0.25) is 0 Å². The lowest BCUT2D eigenvalue weighted by Gasteiger charge is -2.08. The van der Waals surface area contributed by atoms with E-state index in [-0.39, 0.29) is 5.82 Å². The smallest absolute Gasteiger partial charge is 0.142 e. The number of hydrogen-bond acceptors (Lipinski definition) is 5. The van der Waals surface area contributed by atoms with Crippen LogP contribution in [0.25, 0.3) is 22.4 Å². The minimum atomic E-state index is 0.257. The predicted molar refractivity (Wildman–Crippen MR) is 93.0 cm³/mol. The van der Waals surface area contributed by atoms with Crippen LogP contribution in [0.5, 0.6) is 0 Å². The Balaban J connectivity index is 2.22. The van der Waals surface area contributed by atoms with Crippen molar-refractivity contribution in [1.82, 2.24) is 14.8 Å². The SMILES string of the molecule is CCn1cc(-c2cc(-c3cc(C)sc3C)nc(N)c2C#N)cn1. The zero-order valence-electron chi connectivity index (χ0n) is 13.3. The number of rotatable bonds is 3.